The Morgan fingerprint density at radius 2 is 1.74 bits per heavy atom. The van der Waals surface area contributed by atoms with Crippen LogP contribution in [0.4, 0.5) is 0 Å². The summed E-state index contributed by atoms with van der Waals surface area (Å²) >= 11 is 0. The highest BCUT2D eigenvalue weighted by molar-refractivity contribution is 7.89. The highest BCUT2D eigenvalue weighted by Gasteiger charge is 2.39. The number of rotatable bonds is 4. The Labute approximate surface area is 168 Å². The number of hydrogen-bond acceptors (Lipinski definition) is 5. The lowest BCUT2D eigenvalue weighted by Gasteiger charge is -2.34. The molecule has 4 rings (SSSR count). The molecule has 0 atom stereocenters. The van der Waals surface area contributed by atoms with E-state index < -0.39 is 10.0 Å². The summed E-state index contributed by atoms with van der Waals surface area (Å²) in [4.78, 5) is 2.91. The molecule has 3 aliphatic rings. The van der Waals surface area contributed by atoms with Crippen molar-refractivity contribution in [2.75, 3.05) is 52.5 Å². The first kappa shape index (κ1) is 21.0. The Bertz CT molecular complexity index is 731. The Morgan fingerprint density at radius 1 is 1.04 bits per heavy atom. The molecule has 8 heteroatoms. The molecule has 0 bridgehead atoms. The van der Waals surface area contributed by atoms with E-state index in [4.69, 9.17) is 4.74 Å². The van der Waals surface area contributed by atoms with Crippen molar-refractivity contribution in [3.8, 4) is 0 Å². The van der Waals surface area contributed by atoms with Gasteiger partial charge in [-0.25, -0.2) is 8.42 Å². The predicted molar refractivity (Wildman–Crippen MR) is 108 cm³/mol. The van der Waals surface area contributed by atoms with Gasteiger partial charge in [-0.1, -0.05) is 18.2 Å². The average molecular weight is 416 g/mol. The fourth-order valence-corrected chi connectivity index (χ4v) is 6.20. The first-order valence-electron chi connectivity index (χ1n) is 9.68. The highest BCUT2D eigenvalue weighted by atomic mass is 35.5. The van der Waals surface area contributed by atoms with Gasteiger partial charge in [0.2, 0.25) is 10.0 Å². The lowest BCUT2D eigenvalue weighted by molar-refractivity contribution is 0.0730. The summed E-state index contributed by atoms with van der Waals surface area (Å²) in [5, 5.41) is 3.45. The number of sulfonamides is 1. The maximum atomic E-state index is 13.1. The molecule has 3 aliphatic heterocycles. The van der Waals surface area contributed by atoms with Crippen LogP contribution in [0, 0.1) is 5.41 Å². The quantitative estimate of drug-likeness (QED) is 0.811. The summed E-state index contributed by atoms with van der Waals surface area (Å²) < 4.78 is 33.1. The summed E-state index contributed by atoms with van der Waals surface area (Å²) in [6.45, 7) is 6.91. The van der Waals surface area contributed by atoms with Crippen LogP contribution in [0.2, 0.25) is 0 Å². The van der Waals surface area contributed by atoms with Crippen LogP contribution in [0.15, 0.2) is 29.2 Å². The van der Waals surface area contributed by atoms with Crippen molar-refractivity contribution in [2.45, 2.75) is 30.7 Å². The summed E-state index contributed by atoms with van der Waals surface area (Å²) in [5.74, 6) is 0. The second-order valence-electron chi connectivity index (χ2n) is 7.83. The Morgan fingerprint density at radius 3 is 2.48 bits per heavy atom. The minimum Gasteiger partial charge on any atom is -0.379 e. The number of morpholine rings is 1. The van der Waals surface area contributed by atoms with Crippen molar-refractivity contribution in [3.05, 3.63) is 29.8 Å². The maximum absolute atomic E-state index is 13.1. The van der Waals surface area contributed by atoms with E-state index in [1.807, 2.05) is 18.2 Å². The number of benzene rings is 1. The van der Waals surface area contributed by atoms with Crippen molar-refractivity contribution in [3.63, 3.8) is 0 Å². The zero-order valence-electron chi connectivity index (χ0n) is 15.7. The summed E-state index contributed by atoms with van der Waals surface area (Å²) in [6.07, 6.45) is 3.70. The van der Waals surface area contributed by atoms with Crippen LogP contribution in [0.3, 0.4) is 0 Å². The fourth-order valence-electron chi connectivity index (χ4n) is 4.58. The van der Waals surface area contributed by atoms with Crippen LogP contribution in [-0.2, 0) is 21.3 Å². The molecule has 152 valence electrons. The van der Waals surface area contributed by atoms with Crippen LogP contribution >= 0.6 is 12.4 Å². The van der Waals surface area contributed by atoms with Crippen LogP contribution in [0.1, 0.15) is 24.8 Å². The summed E-state index contributed by atoms with van der Waals surface area (Å²) in [5.41, 5.74) is 1.36. The molecule has 3 heterocycles. The minimum atomic E-state index is -3.45. The molecule has 0 radical (unpaired) electrons. The molecule has 1 spiro atoms. The molecule has 0 aromatic heterocycles. The Hall–Kier alpha value is -0.700. The van der Waals surface area contributed by atoms with Crippen molar-refractivity contribution >= 4 is 22.4 Å². The second-order valence-corrected chi connectivity index (χ2v) is 9.74. The molecule has 0 amide bonds. The van der Waals surface area contributed by atoms with Gasteiger partial charge >= 0.3 is 0 Å². The first-order valence-corrected chi connectivity index (χ1v) is 11.1. The molecular formula is C19H30ClN3O3S. The van der Waals surface area contributed by atoms with Crippen molar-refractivity contribution in [1.82, 2.24) is 14.5 Å². The number of nitrogens with one attached hydrogen (secondary N) is 1. The zero-order chi connectivity index (χ0) is 18.0. The molecule has 3 saturated heterocycles. The molecule has 1 aromatic rings. The first-order chi connectivity index (χ1) is 12.6. The largest absolute Gasteiger partial charge is 0.379 e. The lowest BCUT2D eigenvalue weighted by Crippen LogP contribution is -2.41. The number of hydrogen-bond donors (Lipinski definition) is 1. The topological polar surface area (TPSA) is 61.9 Å². The number of ether oxygens (including phenoxy) is 1. The van der Waals surface area contributed by atoms with E-state index in [0.717, 1.165) is 38.3 Å². The Kier molecular flexibility index (Phi) is 6.82. The maximum Gasteiger partial charge on any atom is 0.243 e. The van der Waals surface area contributed by atoms with E-state index in [0.29, 0.717) is 36.6 Å². The van der Waals surface area contributed by atoms with Gasteiger partial charge in [-0.15, -0.1) is 12.4 Å². The molecule has 0 unspecified atom stereocenters. The average Bonchev–Trinajstić information content (AvgIpc) is 3.05. The van der Waals surface area contributed by atoms with E-state index in [1.165, 1.54) is 19.3 Å². The highest BCUT2D eigenvalue weighted by Crippen LogP contribution is 2.39. The number of halogens is 1. The van der Waals surface area contributed by atoms with Crippen LogP contribution in [-0.4, -0.2) is 70.1 Å². The molecule has 1 aromatic carbocycles. The lowest BCUT2D eigenvalue weighted by atomic mass is 9.78. The third-order valence-corrected chi connectivity index (χ3v) is 8.14. The van der Waals surface area contributed by atoms with E-state index in [-0.39, 0.29) is 12.4 Å². The molecule has 0 aliphatic carbocycles. The van der Waals surface area contributed by atoms with E-state index in [9.17, 15) is 8.42 Å². The number of nitrogens with zero attached hydrogens (tertiary/aromatic N) is 2. The molecule has 0 saturated carbocycles. The summed E-state index contributed by atoms with van der Waals surface area (Å²) in [7, 11) is -3.45. The van der Waals surface area contributed by atoms with Crippen LogP contribution in [0.25, 0.3) is 0 Å². The molecule has 3 fully saturated rings. The van der Waals surface area contributed by atoms with Crippen molar-refractivity contribution in [1.29, 1.82) is 0 Å². The van der Waals surface area contributed by atoms with Gasteiger partial charge in [-0.3, -0.25) is 4.90 Å². The van der Waals surface area contributed by atoms with Gasteiger partial charge < -0.3 is 10.1 Å². The molecule has 1 N–H and O–H groups in total. The summed E-state index contributed by atoms with van der Waals surface area (Å²) in [6, 6.07) is 7.51. The Balaban J connectivity index is 0.00000210. The van der Waals surface area contributed by atoms with E-state index in [1.54, 1.807) is 10.4 Å². The van der Waals surface area contributed by atoms with Gasteiger partial charge in [0.15, 0.2) is 0 Å². The zero-order valence-corrected chi connectivity index (χ0v) is 17.4. The van der Waals surface area contributed by atoms with Crippen molar-refractivity contribution in [2.24, 2.45) is 5.41 Å². The third kappa shape index (κ3) is 4.49. The number of piperidine rings is 1. The van der Waals surface area contributed by atoms with Gasteiger partial charge in [0, 0.05) is 26.2 Å². The SMILES string of the molecule is Cl.O=S(=O)(c1ccccc1CN1CCC2(CCNCC2)C1)N1CCOCC1. The minimum absolute atomic E-state index is 0. The molecule has 27 heavy (non-hydrogen) atoms. The second kappa shape index (κ2) is 8.76. The number of likely N-dealkylation sites (tertiary alicyclic amines) is 1. The third-order valence-electron chi connectivity index (χ3n) is 6.14. The van der Waals surface area contributed by atoms with Crippen LogP contribution in [0.5, 0.6) is 0 Å². The van der Waals surface area contributed by atoms with Gasteiger partial charge in [0.25, 0.3) is 0 Å². The van der Waals surface area contributed by atoms with Crippen LogP contribution < -0.4 is 5.32 Å². The van der Waals surface area contributed by atoms with Gasteiger partial charge in [-0.2, -0.15) is 4.31 Å². The van der Waals surface area contributed by atoms with E-state index in [2.05, 4.69) is 10.2 Å². The monoisotopic (exact) mass is 415 g/mol. The predicted octanol–water partition coefficient (Wildman–Crippen LogP) is 1.70. The van der Waals surface area contributed by atoms with Gasteiger partial charge in [0.05, 0.1) is 18.1 Å². The van der Waals surface area contributed by atoms with Gasteiger partial charge in [-0.05, 0) is 55.9 Å². The molecular weight excluding hydrogens is 386 g/mol. The molecule has 6 nitrogen and oxygen atoms in total. The fraction of sp³-hybridized carbons (Fsp3) is 0.684. The standard InChI is InChI=1S/C19H29N3O3S.ClH/c23-26(24,22-11-13-25-14-12-22)18-4-2-1-3-17(18)15-21-10-7-19(16-21)5-8-20-9-6-19;/h1-4,20H,5-16H2;1H. The smallest absolute Gasteiger partial charge is 0.243 e. The van der Waals surface area contributed by atoms with Crippen molar-refractivity contribution < 1.29 is 13.2 Å². The van der Waals surface area contributed by atoms with E-state index >= 15 is 0 Å². The van der Waals surface area contributed by atoms with Gasteiger partial charge in [0.1, 0.15) is 0 Å². The normalized spacial score (nSPS) is 24.0.